The molecule has 100 valence electrons. The van der Waals surface area contributed by atoms with Crippen LogP contribution in [0.2, 0.25) is 5.02 Å². The molecule has 2 rings (SSSR count). The second-order valence-electron chi connectivity index (χ2n) is 4.46. The molecule has 6 heteroatoms. The lowest BCUT2D eigenvalue weighted by molar-refractivity contribution is -0.137. The summed E-state index contributed by atoms with van der Waals surface area (Å²) < 4.78 is 38.2. The summed E-state index contributed by atoms with van der Waals surface area (Å²) in [6.07, 6.45) is -3.13. The van der Waals surface area contributed by atoms with Gasteiger partial charge in [-0.1, -0.05) is 17.7 Å². The largest absolute Gasteiger partial charge is 0.417 e. The molecule has 0 unspecified atom stereocenters. The van der Waals surface area contributed by atoms with Crippen molar-refractivity contribution in [1.29, 1.82) is 0 Å². The molecule has 0 aromatic heterocycles. The Morgan fingerprint density at radius 2 is 1.83 bits per heavy atom. The monoisotopic (exact) mass is 279 g/mol. The summed E-state index contributed by atoms with van der Waals surface area (Å²) >= 11 is 5.57. The molecule has 2 nitrogen and oxygen atoms in total. The van der Waals surface area contributed by atoms with Gasteiger partial charge in [0.05, 0.1) is 10.6 Å². The Hall–Kier alpha value is -0.780. The van der Waals surface area contributed by atoms with E-state index in [1.807, 2.05) is 0 Å². The normalized spacial score (nSPS) is 19.2. The zero-order chi connectivity index (χ0) is 13.3. The number of rotatable bonds is 1. The number of hydroxylamine groups is 2. The minimum Gasteiger partial charge on any atom is -0.314 e. The van der Waals surface area contributed by atoms with Gasteiger partial charge in [0.1, 0.15) is 0 Å². The van der Waals surface area contributed by atoms with Crippen LogP contribution in [0.4, 0.5) is 13.2 Å². The van der Waals surface area contributed by atoms with Crippen LogP contribution in [-0.2, 0) is 6.18 Å². The van der Waals surface area contributed by atoms with Gasteiger partial charge in [-0.2, -0.15) is 18.2 Å². The van der Waals surface area contributed by atoms with Crippen molar-refractivity contribution >= 4 is 11.6 Å². The zero-order valence-corrected chi connectivity index (χ0v) is 10.3. The van der Waals surface area contributed by atoms with E-state index < -0.39 is 11.7 Å². The predicted octanol–water partition coefficient (Wildman–Crippen LogP) is 3.93. The fourth-order valence-electron chi connectivity index (χ4n) is 2.21. The van der Waals surface area contributed by atoms with Crippen molar-refractivity contribution in [3.63, 3.8) is 0 Å². The first-order chi connectivity index (χ1) is 8.38. The van der Waals surface area contributed by atoms with E-state index in [4.69, 9.17) is 11.6 Å². The van der Waals surface area contributed by atoms with Crippen LogP contribution in [0.3, 0.4) is 0 Å². The number of hydrogen-bond acceptors (Lipinski definition) is 2. The highest BCUT2D eigenvalue weighted by Crippen LogP contribution is 2.38. The van der Waals surface area contributed by atoms with Gasteiger partial charge in [-0.25, -0.2) is 0 Å². The predicted molar refractivity (Wildman–Crippen MR) is 61.8 cm³/mol. The third-order valence-corrected chi connectivity index (χ3v) is 3.57. The maximum Gasteiger partial charge on any atom is 0.417 e. The third-order valence-electron chi connectivity index (χ3n) is 3.24. The first-order valence-electron chi connectivity index (χ1n) is 5.68. The van der Waals surface area contributed by atoms with E-state index in [1.54, 1.807) is 6.07 Å². The molecule has 1 saturated heterocycles. The van der Waals surface area contributed by atoms with Crippen LogP contribution in [0.5, 0.6) is 0 Å². The van der Waals surface area contributed by atoms with Crippen LogP contribution < -0.4 is 0 Å². The number of piperidine rings is 1. The number of alkyl halides is 3. The maximum absolute atomic E-state index is 12.7. The summed E-state index contributed by atoms with van der Waals surface area (Å²) in [5.74, 6) is 0.0479. The number of halogens is 4. The van der Waals surface area contributed by atoms with Crippen LogP contribution in [0.25, 0.3) is 0 Å². The van der Waals surface area contributed by atoms with E-state index in [-0.39, 0.29) is 10.9 Å². The SMILES string of the molecule is ON1CCC(c2ccc(Cl)c(C(F)(F)F)c2)CC1. The Balaban J connectivity index is 2.24. The van der Waals surface area contributed by atoms with Gasteiger partial charge in [0.2, 0.25) is 0 Å². The maximum atomic E-state index is 12.7. The van der Waals surface area contributed by atoms with Gasteiger partial charge in [0.25, 0.3) is 0 Å². The molecule has 1 heterocycles. The first-order valence-corrected chi connectivity index (χ1v) is 6.06. The van der Waals surface area contributed by atoms with Gasteiger partial charge >= 0.3 is 6.18 Å². The highest BCUT2D eigenvalue weighted by molar-refractivity contribution is 6.31. The second-order valence-corrected chi connectivity index (χ2v) is 4.87. The van der Waals surface area contributed by atoms with Crippen molar-refractivity contribution in [2.24, 2.45) is 0 Å². The third kappa shape index (κ3) is 2.96. The Bertz CT molecular complexity index is 428. The molecule has 1 aliphatic heterocycles. The van der Waals surface area contributed by atoms with Crippen molar-refractivity contribution in [2.75, 3.05) is 13.1 Å². The molecule has 0 bridgehead atoms. The standard InChI is InChI=1S/C12H13ClF3NO/c13-11-2-1-9(7-10(11)12(14,15)16)8-3-5-17(18)6-4-8/h1-2,7-8,18H,3-6H2. The number of benzene rings is 1. The van der Waals surface area contributed by atoms with E-state index in [1.165, 1.54) is 11.1 Å². The molecule has 1 aromatic rings. The molecule has 0 saturated carbocycles. The minimum absolute atomic E-state index is 0.0479. The summed E-state index contributed by atoms with van der Waals surface area (Å²) in [4.78, 5) is 0. The molecule has 1 aromatic carbocycles. The zero-order valence-electron chi connectivity index (χ0n) is 9.54. The van der Waals surface area contributed by atoms with Crippen LogP contribution in [0, 0.1) is 0 Å². The molecule has 0 spiro atoms. The molecule has 0 radical (unpaired) electrons. The molecule has 0 atom stereocenters. The van der Waals surface area contributed by atoms with Crippen molar-refractivity contribution in [2.45, 2.75) is 24.9 Å². The molecular formula is C12H13ClF3NO. The number of hydrogen-bond donors (Lipinski definition) is 1. The molecule has 1 N–H and O–H groups in total. The van der Waals surface area contributed by atoms with Crippen LogP contribution in [0.15, 0.2) is 18.2 Å². The Morgan fingerprint density at radius 1 is 1.22 bits per heavy atom. The molecular weight excluding hydrogens is 267 g/mol. The van der Waals surface area contributed by atoms with Gasteiger partial charge in [-0.3, -0.25) is 0 Å². The molecule has 1 aliphatic rings. The molecule has 1 fully saturated rings. The van der Waals surface area contributed by atoms with Crippen molar-refractivity contribution in [1.82, 2.24) is 5.06 Å². The summed E-state index contributed by atoms with van der Waals surface area (Å²) in [7, 11) is 0. The summed E-state index contributed by atoms with van der Waals surface area (Å²) in [6.45, 7) is 0.962. The van der Waals surface area contributed by atoms with Crippen molar-refractivity contribution in [3.8, 4) is 0 Å². The van der Waals surface area contributed by atoms with Gasteiger partial charge < -0.3 is 5.21 Å². The molecule has 18 heavy (non-hydrogen) atoms. The first kappa shape index (κ1) is 13.6. The lowest BCUT2D eigenvalue weighted by Crippen LogP contribution is -2.29. The topological polar surface area (TPSA) is 23.5 Å². The minimum atomic E-state index is -4.43. The van der Waals surface area contributed by atoms with Gasteiger partial charge in [0.15, 0.2) is 0 Å². The van der Waals surface area contributed by atoms with E-state index in [0.717, 1.165) is 6.07 Å². The van der Waals surface area contributed by atoms with Crippen molar-refractivity contribution in [3.05, 3.63) is 34.3 Å². The smallest absolute Gasteiger partial charge is 0.314 e. The summed E-state index contributed by atoms with van der Waals surface area (Å²) in [6, 6.07) is 4.06. The van der Waals surface area contributed by atoms with Crippen LogP contribution in [0.1, 0.15) is 29.9 Å². The fraction of sp³-hybridized carbons (Fsp3) is 0.500. The molecule has 0 amide bonds. The highest BCUT2D eigenvalue weighted by atomic mass is 35.5. The quantitative estimate of drug-likeness (QED) is 0.842. The highest BCUT2D eigenvalue weighted by Gasteiger charge is 2.34. The van der Waals surface area contributed by atoms with Gasteiger partial charge in [0, 0.05) is 13.1 Å². The Labute approximate surface area is 108 Å². The number of nitrogens with zero attached hydrogens (tertiary/aromatic N) is 1. The van der Waals surface area contributed by atoms with Gasteiger partial charge in [-0.05, 0) is 36.5 Å². The van der Waals surface area contributed by atoms with E-state index in [9.17, 15) is 18.4 Å². The Morgan fingerprint density at radius 3 is 2.39 bits per heavy atom. The fourth-order valence-corrected chi connectivity index (χ4v) is 2.44. The summed E-state index contributed by atoms with van der Waals surface area (Å²) in [5.41, 5.74) is -0.145. The lowest BCUT2D eigenvalue weighted by atomic mass is 9.89. The summed E-state index contributed by atoms with van der Waals surface area (Å²) in [5, 5.41) is 10.2. The Kier molecular flexibility index (Phi) is 3.84. The van der Waals surface area contributed by atoms with Crippen LogP contribution in [-0.4, -0.2) is 23.4 Å². The van der Waals surface area contributed by atoms with Crippen LogP contribution >= 0.6 is 11.6 Å². The van der Waals surface area contributed by atoms with E-state index >= 15 is 0 Å². The van der Waals surface area contributed by atoms with E-state index in [2.05, 4.69) is 0 Å². The molecule has 0 aliphatic carbocycles. The lowest BCUT2D eigenvalue weighted by Gasteiger charge is -2.28. The van der Waals surface area contributed by atoms with Crippen molar-refractivity contribution < 1.29 is 18.4 Å². The average molecular weight is 280 g/mol. The van der Waals surface area contributed by atoms with E-state index in [0.29, 0.717) is 31.5 Å². The van der Waals surface area contributed by atoms with Gasteiger partial charge in [-0.15, -0.1) is 0 Å². The average Bonchev–Trinajstić information content (AvgIpc) is 2.29. The second kappa shape index (κ2) is 5.07.